The summed E-state index contributed by atoms with van der Waals surface area (Å²) in [5, 5.41) is 3.84. The van der Waals surface area contributed by atoms with Gasteiger partial charge in [-0.25, -0.2) is 18.7 Å². The largest absolute Gasteiger partial charge is 0.360 e. The van der Waals surface area contributed by atoms with Crippen molar-refractivity contribution >= 4 is 11.9 Å². The van der Waals surface area contributed by atoms with Gasteiger partial charge in [-0.3, -0.25) is 4.79 Å². The lowest BCUT2D eigenvalue weighted by Gasteiger charge is -2.34. The van der Waals surface area contributed by atoms with E-state index in [-0.39, 0.29) is 28.5 Å². The number of aryl methyl sites for hydroxylation is 1. The Morgan fingerprint density at radius 1 is 1.11 bits per heavy atom. The molecule has 1 saturated heterocycles. The summed E-state index contributed by atoms with van der Waals surface area (Å²) in [5.41, 5.74) is 0.293. The van der Waals surface area contributed by atoms with Gasteiger partial charge in [-0.15, -0.1) is 0 Å². The number of anilines is 1. The first-order valence-corrected chi connectivity index (χ1v) is 8.77. The molecular weight excluding hydrogens is 368 g/mol. The van der Waals surface area contributed by atoms with Crippen LogP contribution in [0.15, 0.2) is 41.2 Å². The summed E-state index contributed by atoms with van der Waals surface area (Å²) in [7, 11) is 0. The van der Waals surface area contributed by atoms with Crippen LogP contribution in [0.2, 0.25) is 0 Å². The molecular formula is C19H17F2N5O2. The van der Waals surface area contributed by atoms with Gasteiger partial charge < -0.3 is 14.3 Å². The van der Waals surface area contributed by atoms with Gasteiger partial charge >= 0.3 is 0 Å². The summed E-state index contributed by atoms with van der Waals surface area (Å²) in [6, 6.07) is 4.87. The molecule has 7 nitrogen and oxygen atoms in total. The first kappa shape index (κ1) is 18.0. The number of piperazine rings is 1. The highest BCUT2D eigenvalue weighted by molar-refractivity contribution is 6.01. The molecule has 1 amide bonds. The van der Waals surface area contributed by atoms with Gasteiger partial charge in [0, 0.05) is 50.2 Å². The third-order valence-electron chi connectivity index (χ3n) is 4.66. The highest BCUT2D eigenvalue weighted by Crippen LogP contribution is 2.29. The molecule has 4 rings (SSSR count). The minimum absolute atomic E-state index is 0.0259. The minimum Gasteiger partial charge on any atom is -0.360 e. The van der Waals surface area contributed by atoms with E-state index in [4.69, 9.17) is 4.52 Å². The quantitative estimate of drug-likeness (QED) is 0.690. The van der Waals surface area contributed by atoms with Crippen molar-refractivity contribution in [3.05, 3.63) is 59.6 Å². The molecule has 1 aliphatic rings. The van der Waals surface area contributed by atoms with E-state index in [1.54, 1.807) is 30.3 Å². The molecule has 0 atom stereocenters. The Labute approximate surface area is 159 Å². The normalized spacial score (nSPS) is 14.4. The fraction of sp³-hybridized carbons (Fsp3) is 0.263. The molecule has 1 aliphatic heterocycles. The number of carbonyl (C=O) groups is 1. The van der Waals surface area contributed by atoms with Crippen LogP contribution < -0.4 is 4.90 Å². The number of rotatable bonds is 3. The van der Waals surface area contributed by atoms with Crippen molar-refractivity contribution in [2.45, 2.75) is 6.92 Å². The number of nitrogens with zero attached hydrogens (tertiary/aromatic N) is 5. The summed E-state index contributed by atoms with van der Waals surface area (Å²) in [6.07, 6.45) is 3.34. The van der Waals surface area contributed by atoms with Gasteiger partial charge in [-0.05, 0) is 25.1 Å². The number of halogens is 2. The minimum atomic E-state index is -0.798. The molecule has 0 spiro atoms. The summed E-state index contributed by atoms with van der Waals surface area (Å²) in [5.74, 6) is -0.893. The van der Waals surface area contributed by atoms with Gasteiger partial charge in [0.1, 0.15) is 28.7 Å². The number of carbonyl (C=O) groups excluding carboxylic acids is 1. The van der Waals surface area contributed by atoms with Crippen LogP contribution in [-0.4, -0.2) is 52.1 Å². The van der Waals surface area contributed by atoms with E-state index in [2.05, 4.69) is 15.1 Å². The van der Waals surface area contributed by atoms with Crippen LogP contribution in [0.4, 0.5) is 14.7 Å². The second-order valence-electron chi connectivity index (χ2n) is 6.41. The molecule has 3 aromatic rings. The number of hydrogen-bond donors (Lipinski definition) is 0. The van der Waals surface area contributed by atoms with Crippen molar-refractivity contribution in [1.29, 1.82) is 0 Å². The smallest absolute Gasteiger partial charge is 0.259 e. The third kappa shape index (κ3) is 3.30. The van der Waals surface area contributed by atoms with Crippen molar-refractivity contribution in [2.75, 3.05) is 31.1 Å². The zero-order valence-corrected chi connectivity index (χ0v) is 15.1. The predicted octanol–water partition coefficient (Wildman–Crippen LogP) is 2.68. The maximum Gasteiger partial charge on any atom is 0.259 e. The molecule has 0 saturated carbocycles. The highest BCUT2D eigenvalue weighted by atomic mass is 19.1. The van der Waals surface area contributed by atoms with Gasteiger partial charge in [0.05, 0.1) is 0 Å². The molecule has 3 heterocycles. The molecule has 2 aromatic heterocycles. The van der Waals surface area contributed by atoms with Gasteiger partial charge in [0.2, 0.25) is 5.95 Å². The average Bonchev–Trinajstić information content (AvgIpc) is 3.09. The van der Waals surface area contributed by atoms with E-state index in [1.807, 2.05) is 4.90 Å². The summed E-state index contributed by atoms with van der Waals surface area (Å²) >= 11 is 0. The Bertz CT molecular complexity index is 1000. The number of hydrogen-bond acceptors (Lipinski definition) is 6. The molecule has 1 aromatic carbocycles. The van der Waals surface area contributed by atoms with Crippen LogP contribution in [0.3, 0.4) is 0 Å². The lowest BCUT2D eigenvalue weighted by atomic mass is 10.0. The van der Waals surface area contributed by atoms with Gasteiger partial charge in [-0.1, -0.05) is 5.16 Å². The Morgan fingerprint density at radius 3 is 2.50 bits per heavy atom. The van der Waals surface area contributed by atoms with Gasteiger partial charge in [0.25, 0.3) is 5.91 Å². The van der Waals surface area contributed by atoms with Crippen molar-refractivity contribution in [1.82, 2.24) is 20.0 Å². The first-order chi connectivity index (χ1) is 13.5. The average molecular weight is 385 g/mol. The number of benzene rings is 1. The molecule has 0 bridgehead atoms. The van der Waals surface area contributed by atoms with Crippen LogP contribution >= 0.6 is 0 Å². The van der Waals surface area contributed by atoms with E-state index in [9.17, 15) is 13.6 Å². The van der Waals surface area contributed by atoms with Crippen LogP contribution in [0.25, 0.3) is 11.3 Å². The van der Waals surface area contributed by atoms with E-state index < -0.39 is 11.6 Å². The third-order valence-corrected chi connectivity index (χ3v) is 4.66. The molecule has 0 unspecified atom stereocenters. The monoisotopic (exact) mass is 385 g/mol. The van der Waals surface area contributed by atoms with Gasteiger partial charge in [-0.2, -0.15) is 0 Å². The van der Waals surface area contributed by atoms with E-state index in [1.165, 1.54) is 6.07 Å². The molecule has 144 valence electrons. The molecule has 28 heavy (non-hydrogen) atoms. The molecule has 0 radical (unpaired) electrons. The number of amides is 1. The molecule has 0 N–H and O–H groups in total. The fourth-order valence-electron chi connectivity index (χ4n) is 3.21. The Kier molecular flexibility index (Phi) is 4.72. The van der Waals surface area contributed by atoms with Crippen LogP contribution in [0.5, 0.6) is 0 Å². The first-order valence-electron chi connectivity index (χ1n) is 8.77. The lowest BCUT2D eigenvalue weighted by molar-refractivity contribution is 0.0745. The van der Waals surface area contributed by atoms with Crippen LogP contribution in [0.1, 0.15) is 16.1 Å². The van der Waals surface area contributed by atoms with E-state index in [0.29, 0.717) is 32.1 Å². The summed E-state index contributed by atoms with van der Waals surface area (Å²) < 4.78 is 32.6. The molecule has 9 heteroatoms. The zero-order valence-electron chi connectivity index (χ0n) is 15.1. The molecule has 1 fully saturated rings. The summed E-state index contributed by atoms with van der Waals surface area (Å²) in [6.45, 7) is 3.64. The molecule has 0 aliphatic carbocycles. The predicted molar refractivity (Wildman–Crippen MR) is 96.7 cm³/mol. The second-order valence-corrected chi connectivity index (χ2v) is 6.41. The van der Waals surface area contributed by atoms with Crippen LogP contribution in [-0.2, 0) is 0 Å². The van der Waals surface area contributed by atoms with Gasteiger partial charge in [0.15, 0.2) is 0 Å². The number of aromatic nitrogens is 3. The van der Waals surface area contributed by atoms with Crippen molar-refractivity contribution in [3.8, 4) is 11.3 Å². The van der Waals surface area contributed by atoms with E-state index in [0.717, 1.165) is 12.1 Å². The van der Waals surface area contributed by atoms with Crippen LogP contribution in [0, 0.1) is 18.6 Å². The maximum absolute atomic E-state index is 14.2. The standard InChI is InChI=1S/C19H17F2N5O2/c1-12-16(17(24-28-12)14-4-3-13(20)11-15(14)21)18(27)25-7-9-26(10-8-25)19-22-5-2-6-23-19/h2-6,11H,7-10H2,1H3. The Hall–Kier alpha value is -3.36. The van der Waals surface area contributed by atoms with Crippen molar-refractivity contribution in [3.63, 3.8) is 0 Å². The fourth-order valence-corrected chi connectivity index (χ4v) is 3.21. The lowest BCUT2D eigenvalue weighted by Crippen LogP contribution is -2.49. The maximum atomic E-state index is 14.2. The van der Waals surface area contributed by atoms with Crippen molar-refractivity contribution in [2.24, 2.45) is 0 Å². The Morgan fingerprint density at radius 2 is 1.82 bits per heavy atom. The zero-order chi connectivity index (χ0) is 19.7. The SMILES string of the molecule is Cc1onc(-c2ccc(F)cc2F)c1C(=O)N1CCN(c2ncccn2)CC1. The Balaban J connectivity index is 1.56. The second kappa shape index (κ2) is 7.34. The van der Waals surface area contributed by atoms with Crippen molar-refractivity contribution < 1.29 is 18.1 Å². The summed E-state index contributed by atoms with van der Waals surface area (Å²) in [4.78, 5) is 25.2. The topological polar surface area (TPSA) is 75.4 Å². The van der Waals surface area contributed by atoms with E-state index >= 15 is 0 Å². The highest BCUT2D eigenvalue weighted by Gasteiger charge is 2.30.